The van der Waals surface area contributed by atoms with Crippen molar-refractivity contribution in [3.63, 3.8) is 0 Å². The summed E-state index contributed by atoms with van der Waals surface area (Å²) in [6.07, 6.45) is 1.84. The van der Waals surface area contributed by atoms with E-state index in [4.69, 9.17) is 4.74 Å². The molecular weight excluding hydrogens is 484 g/mol. The third-order valence-corrected chi connectivity index (χ3v) is 5.15. The average Bonchev–Trinajstić information content (AvgIpc) is 2.71. The first kappa shape index (κ1) is 23.2. The highest BCUT2D eigenvalue weighted by Gasteiger charge is 2.20. The number of aliphatic imine (C=N–C) groups is 1. The lowest BCUT2D eigenvalue weighted by molar-refractivity contribution is 0.372. The van der Waals surface area contributed by atoms with E-state index >= 15 is 0 Å². The Labute approximate surface area is 189 Å². The number of aromatic nitrogens is 1. The lowest BCUT2D eigenvalue weighted by atomic mass is 10.1. The van der Waals surface area contributed by atoms with Gasteiger partial charge in [-0.15, -0.1) is 24.0 Å². The number of piperazine rings is 1. The number of benzene rings is 1. The number of guanidine groups is 1. The maximum absolute atomic E-state index is 13.1. The maximum atomic E-state index is 13.1. The molecule has 0 atom stereocenters. The van der Waals surface area contributed by atoms with Crippen molar-refractivity contribution in [3.05, 3.63) is 53.1 Å². The van der Waals surface area contributed by atoms with Crippen molar-refractivity contribution in [2.75, 3.05) is 45.2 Å². The van der Waals surface area contributed by atoms with Crippen LogP contribution in [0.2, 0.25) is 0 Å². The average molecular weight is 513 g/mol. The number of rotatable bonds is 4. The van der Waals surface area contributed by atoms with Gasteiger partial charge in [-0.3, -0.25) is 9.98 Å². The summed E-state index contributed by atoms with van der Waals surface area (Å²) >= 11 is 0. The number of nitrogens with zero attached hydrogens (tertiary/aromatic N) is 4. The quantitative estimate of drug-likeness (QED) is 0.386. The van der Waals surface area contributed by atoms with Crippen LogP contribution in [0.25, 0.3) is 0 Å². The summed E-state index contributed by atoms with van der Waals surface area (Å²) in [7, 11) is 3.48. The summed E-state index contributed by atoms with van der Waals surface area (Å²) < 4.78 is 18.6. The van der Waals surface area contributed by atoms with Crippen LogP contribution in [0.3, 0.4) is 0 Å². The monoisotopic (exact) mass is 513 g/mol. The van der Waals surface area contributed by atoms with Gasteiger partial charge in [0.1, 0.15) is 11.6 Å². The second kappa shape index (κ2) is 10.6. The summed E-state index contributed by atoms with van der Waals surface area (Å²) in [4.78, 5) is 13.5. The fourth-order valence-corrected chi connectivity index (χ4v) is 3.57. The molecule has 6 nitrogen and oxygen atoms in total. The second-order valence-corrected chi connectivity index (χ2v) is 6.90. The third-order valence-electron chi connectivity index (χ3n) is 5.15. The zero-order chi connectivity index (χ0) is 20.1. The minimum absolute atomic E-state index is 0. The van der Waals surface area contributed by atoms with E-state index in [2.05, 4.69) is 25.1 Å². The molecule has 0 amide bonds. The van der Waals surface area contributed by atoms with E-state index in [1.165, 1.54) is 12.1 Å². The van der Waals surface area contributed by atoms with Gasteiger partial charge in [-0.25, -0.2) is 4.39 Å². The summed E-state index contributed by atoms with van der Waals surface area (Å²) in [5.74, 6) is 1.54. The maximum Gasteiger partial charge on any atom is 0.194 e. The molecule has 0 radical (unpaired) electrons. The molecule has 0 spiro atoms. The van der Waals surface area contributed by atoms with Crippen LogP contribution in [0.1, 0.15) is 16.8 Å². The molecule has 0 saturated carbocycles. The lowest BCUT2D eigenvalue weighted by Gasteiger charge is -2.37. The molecule has 3 rings (SSSR count). The first-order valence-corrected chi connectivity index (χ1v) is 9.48. The van der Waals surface area contributed by atoms with Gasteiger partial charge in [0.25, 0.3) is 0 Å². The summed E-state index contributed by atoms with van der Waals surface area (Å²) in [5.41, 5.74) is 4.08. The number of hydrogen-bond donors (Lipinski definition) is 1. The topological polar surface area (TPSA) is 53.0 Å². The Balaban J connectivity index is 0.00000300. The first-order chi connectivity index (χ1) is 13.5. The Kier molecular flexibility index (Phi) is 8.48. The minimum Gasteiger partial charge on any atom is -0.496 e. The van der Waals surface area contributed by atoms with Crippen LogP contribution < -0.4 is 15.0 Å². The third kappa shape index (κ3) is 5.49. The predicted molar refractivity (Wildman–Crippen MR) is 126 cm³/mol. The molecule has 1 aliphatic heterocycles. The van der Waals surface area contributed by atoms with Gasteiger partial charge >= 0.3 is 0 Å². The Hall–Kier alpha value is -2.10. The standard InChI is InChI=1S/C21H28FN5O.HI/c1-15-13-24-19(16(2)20(15)28-4)14-25-21(23-3)27-11-9-26(10-12-27)18-7-5-17(22)6-8-18;/h5-8,13H,9-12,14H2,1-4H3,(H,23,25);1H. The number of pyridine rings is 1. The number of nitrogens with one attached hydrogen (secondary N) is 1. The molecule has 1 N–H and O–H groups in total. The van der Waals surface area contributed by atoms with Crippen LogP contribution in [0, 0.1) is 19.7 Å². The van der Waals surface area contributed by atoms with Gasteiger partial charge in [0, 0.05) is 56.2 Å². The zero-order valence-electron chi connectivity index (χ0n) is 17.4. The fourth-order valence-electron chi connectivity index (χ4n) is 3.57. The van der Waals surface area contributed by atoms with Gasteiger partial charge in [0.2, 0.25) is 0 Å². The SMILES string of the molecule is CN=C(NCc1ncc(C)c(OC)c1C)N1CCN(c2ccc(F)cc2)CC1.I. The molecule has 0 unspecified atom stereocenters. The number of anilines is 1. The van der Waals surface area contributed by atoms with Gasteiger partial charge in [-0.05, 0) is 38.1 Å². The van der Waals surface area contributed by atoms with Crippen LogP contribution in [0.15, 0.2) is 35.5 Å². The van der Waals surface area contributed by atoms with Crippen molar-refractivity contribution in [3.8, 4) is 5.75 Å². The molecule has 1 aliphatic rings. The smallest absolute Gasteiger partial charge is 0.194 e. The van der Waals surface area contributed by atoms with Crippen molar-refractivity contribution in [2.24, 2.45) is 4.99 Å². The van der Waals surface area contributed by atoms with Crippen molar-refractivity contribution in [1.29, 1.82) is 0 Å². The molecule has 1 aromatic heterocycles. The largest absolute Gasteiger partial charge is 0.496 e. The van der Waals surface area contributed by atoms with Crippen LogP contribution in [0.5, 0.6) is 5.75 Å². The van der Waals surface area contributed by atoms with E-state index < -0.39 is 0 Å². The van der Waals surface area contributed by atoms with Gasteiger partial charge < -0.3 is 19.9 Å². The molecule has 8 heteroatoms. The van der Waals surface area contributed by atoms with Crippen molar-refractivity contribution in [1.82, 2.24) is 15.2 Å². The highest BCUT2D eigenvalue weighted by atomic mass is 127. The van der Waals surface area contributed by atoms with Crippen LogP contribution in [-0.2, 0) is 6.54 Å². The summed E-state index contributed by atoms with van der Waals surface area (Å²) in [6, 6.07) is 6.68. The number of methoxy groups -OCH3 is 1. The number of halogens is 2. The van der Waals surface area contributed by atoms with Crippen LogP contribution in [0.4, 0.5) is 10.1 Å². The van der Waals surface area contributed by atoms with E-state index in [-0.39, 0.29) is 29.8 Å². The molecule has 0 bridgehead atoms. The van der Waals surface area contributed by atoms with Crippen molar-refractivity contribution in [2.45, 2.75) is 20.4 Å². The summed E-state index contributed by atoms with van der Waals surface area (Å²) in [6.45, 7) is 8.04. The van der Waals surface area contributed by atoms with E-state index in [1.54, 1.807) is 14.2 Å². The molecule has 1 fully saturated rings. The number of ether oxygens (including phenoxy) is 1. The van der Waals surface area contributed by atoms with Gasteiger partial charge in [-0.2, -0.15) is 0 Å². The number of hydrogen-bond acceptors (Lipinski definition) is 4. The normalized spacial score (nSPS) is 14.4. The highest BCUT2D eigenvalue weighted by Crippen LogP contribution is 2.24. The Morgan fingerprint density at radius 3 is 2.41 bits per heavy atom. The van der Waals surface area contributed by atoms with E-state index in [0.717, 1.165) is 60.4 Å². The lowest BCUT2D eigenvalue weighted by Crippen LogP contribution is -2.52. The van der Waals surface area contributed by atoms with Crippen LogP contribution in [-0.4, -0.2) is 56.2 Å². The Morgan fingerprint density at radius 2 is 1.83 bits per heavy atom. The molecule has 1 saturated heterocycles. The number of aryl methyl sites for hydroxylation is 1. The predicted octanol–water partition coefficient (Wildman–Crippen LogP) is 3.36. The Morgan fingerprint density at radius 1 is 1.17 bits per heavy atom. The van der Waals surface area contributed by atoms with Crippen molar-refractivity contribution < 1.29 is 9.13 Å². The molecule has 158 valence electrons. The minimum atomic E-state index is -0.205. The van der Waals surface area contributed by atoms with Crippen molar-refractivity contribution >= 4 is 35.6 Å². The van der Waals surface area contributed by atoms with E-state index in [9.17, 15) is 4.39 Å². The fraction of sp³-hybridized carbons (Fsp3) is 0.429. The molecular formula is C21H29FIN5O. The van der Waals surface area contributed by atoms with E-state index in [0.29, 0.717) is 6.54 Å². The van der Waals surface area contributed by atoms with E-state index in [1.807, 2.05) is 32.2 Å². The van der Waals surface area contributed by atoms with Gasteiger partial charge in [0.05, 0.1) is 19.3 Å². The molecule has 2 heterocycles. The summed E-state index contributed by atoms with van der Waals surface area (Å²) in [5, 5.41) is 3.42. The molecule has 29 heavy (non-hydrogen) atoms. The molecule has 1 aromatic carbocycles. The molecule has 0 aliphatic carbocycles. The second-order valence-electron chi connectivity index (χ2n) is 6.90. The first-order valence-electron chi connectivity index (χ1n) is 9.48. The van der Waals surface area contributed by atoms with Gasteiger partial charge in [-0.1, -0.05) is 0 Å². The highest BCUT2D eigenvalue weighted by molar-refractivity contribution is 14.0. The Bertz CT molecular complexity index is 836. The van der Waals surface area contributed by atoms with Crippen LogP contribution >= 0.6 is 24.0 Å². The van der Waals surface area contributed by atoms with Gasteiger partial charge in [0.15, 0.2) is 5.96 Å². The molecule has 2 aromatic rings. The zero-order valence-corrected chi connectivity index (χ0v) is 19.7.